The average Bonchev–Trinajstić information content (AvgIpc) is 3.42. The molecule has 6 bridgehead atoms. The third-order valence-corrected chi connectivity index (χ3v) is 8.79. The van der Waals surface area contributed by atoms with Gasteiger partial charge in [0, 0.05) is 6.54 Å². The Morgan fingerprint density at radius 1 is 1.03 bits per heavy atom. The number of imidazole rings is 1. The summed E-state index contributed by atoms with van der Waals surface area (Å²) in [5.41, 5.74) is 1.01. The van der Waals surface area contributed by atoms with Gasteiger partial charge in [-0.15, -0.1) is 0 Å². The van der Waals surface area contributed by atoms with Crippen LogP contribution in [0.3, 0.4) is 0 Å². The summed E-state index contributed by atoms with van der Waals surface area (Å²) in [6.07, 6.45) is 2.60. The van der Waals surface area contributed by atoms with Gasteiger partial charge in [-0.3, -0.25) is 19.0 Å². The molecule has 2 saturated heterocycles. The number of hydrogen-bond acceptors (Lipinski definition) is 11. The third-order valence-electron chi connectivity index (χ3n) is 6.15. The summed E-state index contributed by atoms with van der Waals surface area (Å²) >= 11 is 0. The number of phosphoric acid groups is 2. The molecule has 2 fully saturated rings. The molecule has 2 aromatic heterocycles. The molecule has 17 heteroatoms. The van der Waals surface area contributed by atoms with Gasteiger partial charge >= 0.3 is 15.6 Å². The number of hydrogen-bond donors (Lipinski definition) is 3. The van der Waals surface area contributed by atoms with E-state index in [0.717, 1.165) is 12.8 Å². The Balaban J connectivity index is 1.48. The van der Waals surface area contributed by atoms with Gasteiger partial charge in [-0.05, 0) is 26.7 Å². The van der Waals surface area contributed by atoms with Crippen LogP contribution in [0.25, 0.3) is 11.2 Å². The van der Waals surface area contributed by atoms with E-state index in [2.05, 4.69) is 14.3 Å². The highest BCUT2D eigenvalue weighted by Crippen LogP contribution is 2.60. The monoisotopic (exact) mass is 549 g/mol. The molecule has 36 heavy (non-hydrogen) atoms. The minimum atomic E-state index is -4.99. The van der Waals surface area contributed by atoms with E-state index in [1.807, 2.05) is 0 Å². The molecule has 200 valence electrons. The zero-order valence-corrected chi connectivity index (χ0v) is 21.5. The molecule has 3 N–H and O–H groups in total. The van der Waals surface area contributed by atoms with E-state index in [-0.39, 0.29) is 12.1 Å². The highest BCUT2D eigenvalue weighted by Gasteiger charge is 2.56. The van der Waals surface area contributed by atoms with E-state index >= 15 is 0 Å². The van der Waals surface area contributed by atoms with Crippen molar-refractivity contribution in [1.29, 1.82) is 5.41 Å². The van der Waals surface area contributed by atoms with Crippen LogP contribution in [0, 0.1) is 5.41 Å². The number of aromatic nitrogens is 4. The SMILES string of the molecule is CC1(C)O[C@@H]2[C@H](O1)[C@H]1COP(=O)(O)OP(=O)(O)OCCCCCCn3cnc4c(ncn4[C@@H]2O1)c3=N. The van der Waals surface area contributed by atoms with Crippen LogP contribution in [0.1, 0.15) is 45.8 Å². The molecule has 4 aliphatic rings. The lowest BCUT2D eigenvalue weighted by Crippen LogP contribution is -2.32. The van der Waals surface area contributed by atoms with E-state index in [1.54, 1.807) is 29.3 Å². The van der Waals surface area contributed by atoms with Crippen LogP contribution in [0.5, 0.6) is 0 Å². The van der Waals surface area contributed by atoms with Crippen LogP contribution in [0.4, 0.5) is 0 Å². The predicted octanol–water partition coefficient (Wildman–Crippen LogP) is 1.95. The number of aryl methyl sites for hydroxylation is 1. The van der Waals surface area contributed by atoms with Gasteiger partial charge in [-0.2, -0.15) is 4.31 Å². The zero-order valence-electron chi connectivity index (χ0n) is 19.8. The lowest BCUT2D eigenvalue weighted by molar-refractivity contribution is -0.199. The largest absolute Gasteiger partial charge is 0.481 e. The number of nitrogens with zero attached hydrogens (tertiary/aromatic N) is 4. The molecule has 6 atom stereocenters. The molecule has 2 unspecified atom stereocenters. The molecule has 0 saturated carbocycles. The van der Waals surface area contributed by atoms with Crippen molar-refractivity contribution >= 4 is 26.8 Å². The van der Waals surface area contributed by atoms with Crippen molar-refractivity contribution in [2.24, 2.45) is 0 Å². The molecule has 6 rings (SSSR count). The van der Waals surface area contributed by atoms with Gasteiger partial charge < -0.3 is 28.6 Å². The van der Waals surface area contributed by atoms with Crippen molar-refractivity contribution in [2.75, 3.05) is 13.2 Å². The van der Waals surface area contributed by atoms with Crippen LogP contribution in [0.2, 0.25) is 0 Å². The first-order chi connectivity index (χ1) is 16.9. The van der Waals surface area contributed by atoms with E-state index in [4.69, 9.17) is 28.7 Å². The molecule has 0 radical (unpaired) electrons. The number of fused-ring (bicyclic) bond motifs is 13. The second kappa shape index (κ2) is 9.66. The summed E-state index contributed by atoms with van der Waals surface area (Å²) in [7, 11) is -9.83. The molecule has 0 aliphatic carbocycles. The van der Waals surface area contributed by atoms with Crippen LogP contribution >= 0.6 is 15.6 Å². The summed E-state index contributed by atoms with van der Waals surface area (Å²) < 4.78 is 60.2. The lowest BCUT2D eigenvalue weighted by Gasteiger charge is -2.25. The highest BCUT2D eigenvalue weighted by atomic mass is 31.3. The normalized spacial score (nSPS) is 37.9. The third kappa shape index (κ3) is 5.37. The van der Waals surface area contributed by atoms with Crippen LogP contribution in [0.15, 0.2) is 12.7 Å². The number of phosphoric ester groups is 2. The maximum Gasteiger partial charge on any atom is 0.481 e. The van der Waals surface area contributed by atoms with Crippen molar-refractivity contribution in [1.82, 2.24) is 19.1 Å². The summed E-state index contributed by atoms with van der Waals surface area (Å²) in [5.74, 6) is -0.981. The second-order valence-corrected chi connectivity index (χ2v) is 12.3. The first-order valence-electron chi connectivity index (χ1n) is 11.6. The minimum Gasteiger partial charge on any atom is -0.347 e. The Bertz CT molecular complexity index is 1280. The summed E-state index contributed by atoms with van der Waals surface area (Å²) in [5, 5.41) is 8.58. The maximum atomic E-state index is 12.4. The Morgan fingerprint density at radius 2 is 1.75 bits per heavy atom. The van der Waals surface area contributed by atoms with Gasteiger partial charge in [-0.25, -0.2) is 19.1 Å². The fourth-order valence-electron chi connectivity index (χ4n) is 4.60. The molecular formula is C19H29N5O10P2. The van der Waals surface area contributed by atoms with Crippen molar-refractivity contribution in [3.05, 3.63) is 18.1 Å². The molecule has 4 aliphatic heterocycles. The molecule has 6 heterocycles. The number of rotatable bonds is 0. The van der Waals surface area contributed by atoms with Crippen molar-refractivity contribution in [3.63, 3.8) is 0 Å². The van der Waals surface area contributed by atoms with Gasteiger partial charge in [0.2, 0.25) is 0 Å². The predicted molar refractivity (Wildman–Crippen MR) is 120 cm³/mol. The fourth-order valence-corrected chi connectivity index (χ4v) is 6.72. The average molecular weight is 549 g/mol. The first kappa shape index (κ1) is 26.1. The van der Waals surface area contributed by atoms with Gasteiger partial charge in [0.25, 0.3) is 0 Å². The van der Waals surface area contributed by atoms with Crippen molar-refractivity contribution in [3.8, 4) is 0 Å². The minimum absolute atomic E-state index is 0.146. The number of nitrogens with one attached hydrogen (secondary N) is 1. The van der Waals surface area contributed by atoms with Crippen molar-refractivity contribution < 1.29 is 46.5 Å². The topological polar surface area (TPSA) is 189 Å². The lowest BCUT2D eigenvalue weighted by atomic mass is 10.1. The Morgan fingerprint density at radius 3 is 2.56 bits per heavy atom. The van der Waals surface area contributed by atoms with E-state index in [0.29, 0.717) is 30.6 Å². The molecule has 0 spiro atoms. The highest BCUT2D eigenvalue weighted by molar-refractivity contribution is 7.61. The Labute approximate surface area is 206 Å². The van der Waals surface area contributed by atoms with E-state index in [9.17, 15) is 18.9 Å². The number of ether oxygens (including phenoxy) is 3. The molecule has 0 aromatic carbocycles. The van der Waals surface area contributed by atoms with Gasteiger partial charge in [0.1, 0.15) is 23.8 Å². The fraction of sp³-hybridized carbons (Fsp3) is 0.737. The molecular weight excluding hydrogens is 520 g/mol. The Kier molecular flexibility index (Phi) is 7.01. The quantitative estimate of drug-likeness (QED) is 0.406. The van der Waals surface area contributed by atoms with Gasteiger partial charge in [-0.1, -0.05) is 12.8 Å². The van der Waals surface area contributed by atoms with Crippen molar-refractivity contribution in [2.45, 2.75) is 76.4 Å². The smallest absolute Gasteiger partial charge is 0.347 e. The molecule has 15 nitrogen and oxygen atoms in total. The van der Waals surface area contributed by atoms with E-state index in [1.165, 1.54) is 6.33 Å². The van der Waals surface area contributed by atoms with Crippen LogP contribution < -0.4 is 5.49 Å². The summed E-state index contributed by atoms with van der Waals surface area (Å²) in [6, 6.07) is 0. The summed E-state index contributed by atoms with van der Waals surface area (Å²) in [6.45, 7) is 3.33. The van der Waals surface area contributed by atoms with Crippen LogP contribution in [-0.4, -0.2) is 66.2 Å². The first-order valence-corrected chi connectivity index (χ1v) is 14.6. The Hall–Kier alpha value is -1.51. The molecule has 0 amide bonds. The second-order valence-electron chi connectivity index (χ2n) is 9.30. The van der Waals surface area contributed by atoms with Gasteiger partial charge in [0.15, 0.2) is 23.1 Å². The van der Waals surface area contributed by atoms with E-state index < -0.39 is 52.6 Å². The zero-order chi connectivity index (χ0) is 25.7. The van der Waals surface area contributed by atoms with Gasteiger partial charge in [0.05, 0.1) is 25.9 Å². The standard InChI is InChI=1S/C19H29N5O10P2/c1-19(2)32-14-12-9-30-36(27,28)34-35(25,26)29-8-6-4-3-5-7-23-10-22-17-13(16(23)20)21-11-24(17)18(31-12)15(14)33-19/h10-12,14-15,18,20H,3-9H2,1-2H3,(H,25,26)(H,27,28)/t12-,14-,15-,18-/m1/s1. The summed E-state index contributed by atoms with van der Waals surface area (Å²) in [4.78, 5) is 28.8. The maximum absolute atomic E-state index is 12.4. The van der Waals surface area contributed by atoms with Crippen LogP contribution in [-0.2, 0) is 43.2 Å². The molecule has 2 aromatic rings.